The van der Waals surface area contributed by atoms with E-state index in [1.807, 2.05) is 29.8 Å². The average Bonchev–Trinajstić information content (AvgIpc) is 2.62. The molecule has 0 amide bonds. The Bertz CT molecular complexity index is 611. The molecule has 0 aromatic carbocycles. The van der Waals surface area contributed by atoms with Crippen LogP contribution in [0.1, 0.15) is 17.8 Å². The molecule has 0 spiro atoms. The van der Waals surface area contributed by atoms with Crippen LogP contribution in [0.5, 0.6) is 0 Å². The van der Waals surface area contributed by atoms with Gasteiger partial charge in [0, 0.05) is 30.8 Å². The van der Waals surface area contributed by atoms with Gasteiger partial charge >= 0.3 is 0 Å². The summed E-state index contributed by atoms with van der Waals surface area (Å²) in [4.78, 5) is 4.57. The van der Waals surface area contributed by atoms with Gasteiger partial charge in [-0.15, -0.1) is 11.5 Å². The molecular formula is C14H19N3Si. The van der Waals surface area contributed by atoms with Crippen molar-refractivity contribution in [3.8, 4) is 11.5 Å². The van der Waals surface area contributed by atoms with Gasteiger partial charge < -0.3 is 0 Å². The molecule has 18 heavy (non-hydrogen) atoms. The fraction of sp³-hybridized carbons (Fsp3) is 0.429. The third-order valence-corrected chi connectivity index (χ3v) is 3.40. The molecule has 4 heteroatoms. The average molecular weight is 257 g/mol. The van der Waals surface area contributed by atoms with E-state index in [0.717, 1.165) is 29.9 Å². The Morgan fingerprint density at radius 2 is 2.11 bits per heavy atom. The van der Waals surface area contributed by atoms with Gasteiger partial charge in [-0.3, -0.25) is 0 Å². The summed E-state index contributed by atoms with van der Waals surface area (Å²) in [6.45, 7) is 8.77. The van der Waals surface area contributed by atoms with Gasteiger partial charge in [0.15, 0.2) is 5.65 Å². The van der Waals surface area contributed by atoms with E-state index in [4.69, 9.17) is 0 Å². The van der Waals surface area contributed by atoms with E-state index in [0.29, 0.717) is 0 Å². The molecule has 0 atom stereocenters. The van der Waals surface area contributed by atoms with Crippen molar-refractivity contribution in [2.24, 2.45) is 0 Å². The van der Waals surface area contributed by atoms with Crippen molar-refractivity contribution in [3.05, 3.63) is 29.7 Å². The molecule has 2 rings (SSSR count). The van der Waals surface area contributed by atoms with Crippen LogP contribution in [-0.2, 0) is 6.42 Å². The predicted octanol–water partition coefficient (Wildman–Crippen LogP) is 2.85. The molecule has 2 aromatic heterocycles. The summed E-state index contributed by atoms with van der Waals surface area (Å²) < 4.78 is 1.81. The fourth-order valence-electron chi connectivity index (χ4n) is 1.69. The number of nitrogens with zero attached hydrogens (tertiary/aromatic N) is 3. The van der Waals surface area contributed by atoms with E-state index in [9.17, 15) is 0 Å². The Morgan fingerprint density at radius 1 is 1.33 bits per heavy atom. The maximum Gasteiger partial charge on any atom is 0.155 e. The second-order valence-corrected chi connectivity index (χ2v) is 10.3. The fourth-order valence-corrected chi connectivity index (χ4v) is 2.35. The molecule has 0 N–H and O–H groups in total. The Balaban J connectivity index is 2.05. The van der Waals surface area contributed by atoms with Crippen LogP contribution in [0.2, 0.25) is 19.6 Å². The summed E-state index contributed by atoms with van der Waals surface area (Å²) in [7, 11) is -1.23. The van der Waals surface area contributed by atoms with Crippen LogP contribution in [0.25, 0.3) is 5.65 Å². The van der Waals surface area contributed by atoms with E-state index in [1.165, 1.54) is 0 Å². The van der Waals surface area contributed by atoms with Crippen LogP contribution in [0.15, 0.2) is 18.3 Å². The Kier molecular flexibility index (Phi) is 3.53. The molecule has 94 valence electrons. The Hall–Kier alpha value is -1.60. The van der Waals surface area contributed by atoms with E-state index in [-0.39, 0.29) is 0 Å². The van der Waals surface area contributed by atoms with Gasteiger partial charge in [-0.1, -0.05) is 19.6 Å². The SMILES string of the molecule is Cc1cc2nc(CCC#C[Si](C)(C)C)ccn2n1. The number of fused-ring (bicyclic) bond motifs is 1. The first-order chi connectivity index (χ1) is 8.44. The molecule has 0 bridgehead atoms. The first kappa shape index (κ1) is 12.8. The van der Waals surface area contributed by atoms with Gasteiger partial charge in [0.25, 0.3) is 0 Å². The van der Waals surface area contributed by atoms with Crippen LogP contribution < -0.4 is 0 Å². The van der Waals surface area contributed by atoms with Crippen LogP contribution >= 0.6 is 0 Å². The molecular weight excluding hydrogens is 238 g/mol. The lowest BCUT2D eigenvalue weighted by Gasteiger charge is -2.03. The zero-order chi connectivity index (χ0) is 13.2. The first-order valence-corrected chi connectivity index (χ1v) is 9.76. The van der Waals surface area contributed by atoms with E-state index in [2.05, 4.69) is 41.2 Å². The second kappa shape index (κ2) is 4.95. The van der Waals surface area contributed by atoms with Crippen molar-refractivity contribution in [3.63, 3.8) is 0 Å². The highest BCUT2D eigenvalue weighted by Gasteiger charge is 2.07. The monoisotopic (exact) mass is 257 g/mol. The third-order valence-electron chi connectivity index (χ3n) is 2.47. The molecule has 0 aliphatic heterocycles. The van der Waals surface area contributed by atoms with Crippen LogP contribution in [0, 0.1) is 18.4 Å². The zero-order valence-corrected chi connectivity index (χ0v) is 12.5. The lowest BCUT2D eigenvalue weighted by Crippen LogP contribution is -2.16. The van der Waals surface area contributed by atoms with Crippen molar-refractivity contribution in [1.29, 1.82) is 0 Å². The van der Waals surface area contributed by atoms with Gasteiger partial charge in [0.2, 0.25) is 0 Å². The van der Waals surface area contributed by atoms with Crippen molar-refractivity contribution < 1.29 is 0 Å². The lowest BCUT2D eigenvalue weighted by molar-refractivity contribution is 0.884. The highest BCUT2D eigenvalue weighted by atomic mass is 28.3. The van der Waals surface area contributed by atoms with Crippen LogP contribution in [0.4, 0.5) is 0 Å². The van der Waals surface area contributed by atoms with Crippen molar-refractivity contribution in [1.82, 2.24) is 14.6 Å². The third kappa shape index (κ3) is 3.44. The summed E-state index contributed by atoms with van der Waals surface area (Å²) in [6.07, 6.45) is 3.77. The number of rotatable bonds is 2. The van der Waals surface area contributed by atoms with Gasteiger partial charge in [-0.2, -0.15) is 5.10 Å². The molecule has 0 aliphatic carbocycles. The largest absolute Gasteiger partial charge is 0.234 e. The summed E-state index contributed by atoms with van der Waals surface area (Å²) in [5.41, 5.74) is 6.38. The summed E-state index contributed by atoms with van der Waals surface area (Å²) in [5, 5.41) is 4.31. The molecule has 0 saturated heterocycles. The van der Waals surface area contributed by atoms with E-state index < -0.39 is 8.07 Å². The highest BCUT2D eigenvalue weighted by molar-refractivity contribution is 6.83. The molecule has 0 radical (unpaired) electrons. The van der Waals surface area contributed by atoms with Crippen molar-refractivity contribution in [2.75, 3.05) is 0 Å². The lowest BCUT2D eigenvalue weighted by atomic mass is 10.2. The van der Waals surface area contributed by atoms with Gasteiger partial charge in [-0.05, 0) is 13.0 Å². The summed E-state index contributed by atoms with van der Waals surface area (Å²) in [6, 6.07) is 4.02. The summed E-state index contributed by atoms with van der Waals surface area (Å²) >= 11 is 0. The van der Waals surface area contributed by atoms with Crippen molar-refractivity contribution >= 4 is 13.7 Å². The topological polar surface area (TPSA) is 30.2 Å². The second-order valence-electron chi connectivity index (χ2n) is 5.56. The molecule has 0 saturated carbocycles. The molecule has 2 heterocycles. The Morgan fingerprint density at radius 3 is 2.83 bits per heavy atom. The van der Waals surface area contributed by atoms with E-state index >= 15 is 0 Å². The van der Waals surface area contributed by atoms with Crippen LogP contribution in [-0.4, -0.2) is 22.7 Å². The quantitative estimate of drug-likeness (QED) is 0.612. The van der Waals surface area contributed by atoms with Gasteiger partial charge in [0.1, 0.15) is 8.07 Å². The number of aryl methyl sites for hydroxylation is 2. The normalized spacial score (nSPS) is 11.3. The van der Waals surface area contributed by atoms with Crippen molar-refractivity contribution in [2.45, 2.75) is 39.4 Å². The Labute approximate surface area is 109 Å². The van der Waals surface area contributed by atoms with Crippen LogP contribution in [0.3, 0.4) is 0 Å². The maximum atomic E-state index is 4.57. The zero-order valence-electron chi connectivity index (χ0n) is 11.5. The number of aromatic nitrogens is 3. The minimum atomic E-state index is -1.23. The first-order valence-electron chi connectivity index (χ1n) is 6.26. The standard InChI is InChI=1S/C14H19N3Si/c1-12-11-14-15-13(8-9-17(14)16-12)7-5-6-10-18(2,3)4/h8-9,11H,5,7H2,1-4H3. The molecule has 3 nitrogen and oxygen atoms in total. The van der Waals surface area contributed by atoms with Gasteiger partial charge in [0.05, 0.1) is 5.69 Å². The molecule has 0 aliphatic rings. The number of hydrogen-bond donors (Lipinski definition) is 0. The molecule has 2 aromatic rings. The molecule has 0 fully saturated rings. The number of hydrogen-bond acceptors (Lipinski definition) is 2. The maximum absolute atomic E-state index is 4.57. The van der Waals surface area contributed by atoms with E-state index in [1.54, 1.807) is 0 Å². The minimum absolute atomic E-state index is 0.889. The van der Waals surface area contributed by atoms with Gasteiger partial charge in [-0.25, -0.2) is 9.50 Å². The molecule has 0 unspecified atom stereocenters. The predicted molar refractivity (Wildman–Crippen MR) is 77.2 cm³/mol. The summed E-state index contributed by atoms with van der Waals surface area (Å²) in [5.74, 6) is 3.28. The highest BCUT2D eigenvalue weighted by Crippen LogP contribution is 2.06. The smallest absolute Gasteiger partial charge is 0.155 e. The minimum Gasteiger partial charge on any atom is -0.234 e.